The smallest absolute Gasteiger partial charge is 0.266 e. The number of aromatic nitrogens is 2. The SMILES string of the molecule is CCN(Cc1ccc(Cl)s1)C(=O)c1sc(-c2ccccn2)nc1C. The standard InChI is InChI=1S/C17H16ClN3OS2/c1-3-21(10-12-7-8-14(18)23-12)17(22)15-11(2)20-16(24-15)13-6-4-5-9-19-13/h4-9H,3,10H2,1-2H3. The van der Waals surface area contributed by atoms with Gasteiger partial charge in [-0.15, -0.1) is 22.7 Å². The molecule has 0 bridgehead atoms. The lowest BCUT2D eigenvalue weighted by Crippen LogP contribution is -2.29. The summed E-state index contributed by atoms with van der Waals surface area (Å²) < 4.78 is 0.736. The number of carbonyl (C=O) groups is 1. The Labute approximate surface area is 153 Å². The zero-order valence-electron chi connectivity index (χ0n) is 13.3. The summed E-state index contributed by atoms with van der Waals surface area (Å²) in [5, 5.41) is 0.770. The maximum Gasteiger partial charge on any atom is 0.266 e. The second kappa shape index (κ2) is 7.42. The number of thiazole rings is 1. The Morgan fingerprint density at radius 3 is 2.71 bits per heavy atom. The third kappa shape index (κ3) is 3.66. The van der Waals surface area contributed by atoms with Crippen LogP contribution in [0.1, 0.15) is 27.2 Å². The number of hydrogen-bond acceptors (Lipinski definition) is 5. The van der Waals surface area contributed by atoms with E-state index in [1.165, 1.54) is 22.7 Å². The minimum absolute atomic E-state index is 0.000737. The third-order valence-electron chi connectivity index (χ3n) is 3.52. The van der Waals surface area contributed by atoms with Gasteiger partial charge in [0.25, 0.3) is 5.91 Å². The molecule has 0 unspecified atom stereocenters. The predicted molar refractivity (Wildman–Crippen MR) is 99.8 cm³/mol. The molecule has 3 rings (SSSR count). The molecule has 0 fully saturated rings. The van der Waals surface area contributed by atoms with Crippen LogP contribution in [0.4, 0.5) is 0 Å². The molecule has 0 N–H and O–H groups in total. The average molecular weight is 378 g/mol. The molecule has 0 aromatic carbocycles. The average Bonchev–Trinajstić information content (AvgIpc) is 3.18. The number of halogens is 1. The van der Waals surface area contributed by atoms with Crippen molar-refractivity contribution < 1.29 is 4.79 Å². The highest BCUT2D eigenvalue weighted by molar-refractivity contribution is 7.17. The van der Waals surface area contributed by atoms with Crippen molar-refractivity contribution in [3.8, 4) is 10.7 Å². The van der Waals surface area contributed by atoms with Crippen molar-refractivity contribution in [2.75, 3.05) is 6.54 Å². The Morgan fingerprint density at radius 2 is 2.08 bits per heavy atom. The van der Waals surface area contributed by atoms with E-state index in [2.05, 4.69) is 9.97 Å². The van der Waals surface area contributed by atoms with Crippen molar-refractivity contribution in [3.05, 3.63) is 56.3 Å². The van der Waals surface area contributed by atoms with Crippen LogP contribution in [0.2, 0.25) is 4.34 Å². The lowest BCUT2D eigenvalue weighted by Gasteiger charge is -2.19. The number of thiophene rings is 1. The Bertz CT molecular complexity index is 845. The van der Waals surface area contributed by atoms with Crippen LogP contribution >= 0.6 is 34.3 Å². The van der Waals surface area contributed by atoms with E-state index < -0.39 is 0 Å². The third-order valence-corrected chi connectivity index (χ3v) is 5.90. The van der Waals surface area contributed by atoms with Gasteiger partial charge in [-0.3, -0.25) is 9.78 Å². The van der Waals surface area contributed by atoms with Gasteiger partial charge < -0.3 is 4.90 Å². The molecule has 3 aromatic rings. The highest BCUT2D eigenvalue weighted by atomic mass is 35.5. The molecule has 0 aliphatic carbocycles. The van der Waals surface area contributed by atoms with Crippen LogP contribution in [0.25, 0.3) is 10.7 Å². The molecular weight excluding hydrogens is 362 g/mol. The fraction of sp³-hybridized carbons (Fsp3) is 0.235. The Hall–Kier alpha value is -1.76. The summed E-state index contributed by atoms with van der Waals surface area (Å²) in [6, 6.07) is 9.50. The number of nitrogens with zero attached hydrogens (tertiary/aromatic N) is 3. The van der Waals surface area contributed by atoms with Crippen LogP contribution in [0.15, 0.2) is 36.5 Å². The minimum atomic E-state index is -0.000737. The van der Waals surface area contributed by atoms with Gasteiger partial charge >= 0.3 is 0 Å². The molecule has 0 radical (unpaired) electrons. The van der Waals surface area contributed by atoms with E-state index in [0.29, 0.717) is 18.0 Å². The summed E-state index contributed by atoms with van der Waals surface area (Å²) in [6.07, 6.45) is 1.73. The molecule has 3 heterocycles. The van der Waals surface area contributed by atoms with Gasteiger partial charge in [-0.25, -0.2) is 4.98 Å². The van der Waals surface area contributed by atoms with Crippen LogP contribution in [-0.4, -0.2) is 27.3 Å². The van der Waals surface area contributed by atoms with Gasteiger partial charge in [0.1, 0.15) is 9.88 Å². The molecule has 4 nitrogen and oxygen atoms in total. The molecule has 3 aromatic heterocycles. The second-order valence-corrected chi connectivity index (χ2v) is 7.97. The fourth-order valence-electron chi connectivity index (χ4n) is 2.29. The fourth-order valence-corrected chi connectivity index (χ4v) is 4.40. The molecule has 24 heavy (non-hydrogen) atoms. The van der Waals surface area contributed by atoms with E-state index in [1.807, 2.05) is 49.1 Å². The van der Waals surface area contributed by atoms with E-state index >= 15 is 0 Å². The van der Waals surface area contributed by atoms with E-state index in [1.54, 1.807) is 6.20 Å². The quantitative estimate of drug-likeness (QED) is 0.635. The zero-order chi connectivity index (χ0) is 17.1. The first kappa shape index (κ1) is 17.1. The largest absolute Gasteiger partial charge is 0.333 e. The van der Waals surface area contributed by atoms with Crippen LogP contribution in [0.5, 0.6) is 0 Å². The molecule has 0 saturated heterocycles. The highest BCUT2D eigenvalue weighted by Gasteiger charge is 2.22. The lowest BCUT2D eigenvalue weighted by molar-refractivity contribution is 0.0758. The van der Waals surface area contributed by atoms with Gasteiger partial charge in [0.05, 0.1) is 22.3 Å². The van der Waals surface area contributed by atoms with E-state index in [0.717, 1.165) is 25.6 Å². The van der Waals surface area contributed by atoms with Crippen LogP contribution < -0.4 is 0 Å². The molecule has 0 saturated carbocycles. The van der Waals surface area contributed by atoms with Crippen molar-refractivity contribution in [1.82, 2.24) is 14.9 Å². The second-order valence-electron chi connectivity index (χ2n) is 5.17. The number of amides is 1. The first-order valence-corrected chi connectivity index (χ1v) is 9.52. The number of pyridine rings is 1. The minimum Gasteiger partial charge on any atom is -0.333 e. The zero-order valence-corrected chi connectivity index (χ0v) is 15.7. The van der Waals surface area contributed by atoms with Crippen molar-refractivity contribution >= 4 is 40.2 Å². The van der Waals surface area contributed by atoms with Gasteiger partial charge in [0.15, 0.2) is 0 Å². The topological polar surface area (TPSA) is 46.1 Å². The molecule has 7 heteroatoms. The van der Waals surface area contributed by atoms with Crippen LogP contribution in [0.3, 0.4) is 0 Å². The summed E-state index contributed by atoms with van der Waals surface area (Å²) in [4.78, 5) is 25.3. The first-order chi connectivity index (χ1) is 11.6. The Kier molecular flexibility index (Phi) is 5.28. The van der Waals surface area contributed by atoms with Crippen molar-refractivity contribution in [3.63, 3.8) is 0 Å². The lowest BCUT2D eigenvalue weighted by atomic mass is 10.3. The van der Waals surface area contributed by atoms with E-state index in [9.17, 15) is 4.79 Å². The summed E-state index contributed by atoms with van der Waals surface area (Å²) in [7, 11) is 0. The Balaban J connectivity index is 1.84. The van der Waals surface area contributed by atoms with Gasteiger partial charge in [-0.1, -0.05) is 17.7 Å². The first-order valence-electron chi connectivity index (χ1n) is 7.50. The highest BCUT2D eigenvalue weighted by Crippen LogP contribution is 2.28. The molecule has 124 valence electrons. The predicted octanol–water partition coefficient (Wildman–Crippen LogP) is 4.89. The summed E-state index contributed by atoms with van der Waals surface area (Å²) >= 11 is 8.87. The van der Waals surface area contributed by atoms with Crippen molar-refractivity contribution in [2.45, 2.75) is 20.4 Å². The normalized spacial score (nSPS) is 10.8. The van der Waals surface area contributed by atoms with Crippen LogP contribution in [-0.2, 0) is 6.54 Å². The summed E-state index contributed by atoms with van der Waals surface area (Å²) in [6.45, 7) is 5.03. The molecule has 0 atom stereocenters. The summed E-state index contributed by atoms with van der Waals surface area (Å²) in [5.41, 5.74) is 1.53. The number of carbonyl (C=O) groups excluding carboxylic acids is 1. The summed E-state index contributed by atoms with van der Waals surface area (Å²) in [5.74, 6) is -0.000737. The van der Waals surface area contributed by atoms with Gasteiger partial charge in [-0.05, 0) is 38.1 Å². The van der Waals surface area contributed by atoms with Crippen LogP contribution in [0, 0.1) is 6.92 Å². The van der Waals surface area contributed by atoms with Gasteiger partial charge in [0, 0.05) is 17.6 Å². The molecule has 0 aliphatic rings. The number of rotatable bonds is 5. The Morgan fingerprint density at radius 1 is 1.25 bits per heavy atom. The maximum absolute atomic E-state index is 12.9. The molecule has 0 spiro atoms. The molecular formula is C17H16ClN3OS2. The van der Waals surface area contributed by atoms with Crippen molar-refractivity contribution in [2.24, 2.45) is 0 Å². The van der Waals surface area contributed by atoms with E-state index in [4.69, 9.17) is 11.6 Å². The van der Waals surface area contributed by atoms with Gasteiger partial charge in [0.2, 0.25) is 0 Å². The maximum atomic E-state index is 12.9. The number of aryl methyl sites for hydroxylation is 1. The van der Waals surface area contributed by atoms with Crippen molar-refractivity contribution in [1.29, 1.82) is 0 Å². The van der Waals surface area contributed by atoms with E-state index in [-0.39, 0.29) is 5.91 Å². The monoisotopic (exact) mass is 377 g/mol. The number of hydrogen-bond donors (Lipinski definition) is 0. The molecule has 1 amide bonds. The van der Waals surface area contributed by atoms with Gasteiger partial charge in [-0.2, -0.15) is 0 Å². The molecule has 0 aliphatic heterocycles.